The van der Waals surface area contributed by atoms with Crippen LogP contribution < -0.4 is 10.6 Å². The van der Waals surface area contributed by atoms with E-state index in [1.54, 1.807) is 6.92 Å². The molecule has 0 fully saturated rings. The lowest BCUT2D eigenvalue weighted by atomic mass is 10.2. The van der Waals surface area contributed by atoms with Crippen molar-refractivity contribution in [3.05, 3.63) is 24.2 Å². The molecule has 0 aliphatic rings. The molecule has 0 aromatic carbocycles. The van der Waals surface area contributed by atoms with Crippen LogP contribution in [0.25, 0.3) is 0 Å². The Labute approximate surface area is 110 Å². The standard InChI is InChI=1S/C12H16N2O5/c1-2-9(12(17)18)14-10(15)3-5-13-11(16)8-4-6-19-7-8/h4,6-7,9H,2-3,5H2,1H3,(H,13,16)(H,14,15)(H,17,18)/t9-/m1/s1. The highest BCUT2D eigenvalue weighted by molar-refractivity contribution is 5.94. The fraction of sp³-hybridized carbons (Fsp3) is 0.417. The number of carboxylic acids is 1. The summed E-state index contributed by atoms with van der Waals surface area (Å²) < 4.78 is 4.75. The number of amides is 2. The second-order valence-electron chi connectivity index (χ2n) is 3.88. The number of aliphatic carboxylic acids is 1. The molecule has 0 saturated carbocycles. The summed E-state index contributed by atoms with van der Waals surface area (Å²) in [5.74, 6) is -1.83. The van der Waals surface area contributed by atoms with Gasteiger partial charge in [-0.2, -0.15) is 0 Å². The van der Waals surface area contributed by atoms with Gasteiger partial charge in [0.2, 0.25) is 5.91 Å². The summed E-state index contributed by atoms with van der Waals surface area (Å²) in [6, 6.07) is 0.615. The fourth-order valence-corrected chi connectivity index (χ4v) is 1.39. The molecule has 3 N–H and O–H groups in total. The minimum atomic E-state index is -1.07. The molecule has 7 heteroatoms. The molecule has 19 heavy (non-hydrogen) atoms. The lowest BCUT2D eigenvalue weighted by Crippen LogP contribution is -2.41. The van der Waals surface area contributed by atoms with Crippen LogP contribution in [0.15, 0.2) is 23.0 Å². The lowest BCUT2D eigenvalue weighted by Gasteiger charge is -2.12. The number of nitrogens with one attached hydrogen (secondary N) is 2. The van der Waals surface area contributed by atoms with Crippen LogP contribution in [0.1, 0.15) is 30.1 Å². The molecule has 0 spiro atoms. The largest absolute Gasteiger partial charge is 0.480 e. The molecule has 1 heterocycles. The van der Waals surface area contributed by atoms with E-state index in [-0.39, 0.29) is 18.9 Å². The van der Waals surface area contributed by atoms with E-state index in [0.717, 1.165) is 0 Å². The normalized spacial score (nSPS) is 11.6. The van der Waals surface area contributed by atoms with E-state index in [2.05, 4.69) is 10.6 Å². The Kier molecular flexibility index (Phi) is 5.59. The van der Waals surface area contributed by atoms with Gasteiger partial charge in [0.15, 0.2) is 0 Å². The van der Waals surface area contributed by atoms with Crippen LogP contribution in [-0.2, 0) is 9.59 Å². The first-order valence-corrected chi connectivity index (χ1v) is 5.87. The fourth-order valence-electron chi connectivity index (χ4n) is 1.39. The van der Waals surface area contributed by atoms with Gasteiger partial charge in [-0.3, -0.25) is 9.59 Å². The zero-order chi connectivity index (χ0) is 14.3. The van der Waals surface area contributed by atoms with Gasteiger partial charge >= 0.3 is 5.97 Å². The van der Waals surface area contributed by atoms with Gasteiger partial charge in [-0.25, -0.2) is 4.79 Å². The Morgan fingerprint density at radius 3 is 2.68 bits per heavy atom. The van der Waals surface area contributed by atoms with E-state index in [9.17, 15) is 14.4 Å². The second kappa shape index (κ2) is 7.20. The molecular formula is C12H16N2O5. The predicted molar refractivity (Wildman–Crippen MR) is 65.5 cm³/mol. The monoisotopic (exact) mass is 268 g/mol. The maximum atomic E-state index is 11.5. The highest BCUT2D eigenvalue weighted by Gasteiger charge is 2.17. The van der Waals surface area contributed by atoms with Gasteiger partial charge in [0.25, 0.3) is 5.91 Å². The average molecular weight is 268 g/mol. The van der Waals surface area contributed by atoms with Gasteiger partial charge in [-0.1, -0.05) is 6.92 Å². The van der Waals surface area contributed by atoms with Crippen LogP contribution in [0, 0.1) is 0 Å². The molecule has 7 nitrogen and oxygen atoms in total. The summed E-state index contributed by atoms with van der Waals surface area (Å²) in [6.07, 6.45) is 3.00. The molecule has 1 atom stereocenters. The Bertz CT molecular complexity index is 441. The van der Waals surface area contributed by atoms with E-state index in [0.29, 0.717) is 12.0 Å². The Morgan fingerprint density at radius 1 is 1.42 bits per heavy atom. The molecule has 1 aromatic heterocycles. The Balaban J connectivity index is 2.27. The molecular weight excluding hydrogens is 252 g/mol. The summed E-state index contributed by atoms with van der Waals surface area (Å²) >= 11 is 0. The van der Waals surface area contributed by atoms with E-state index in [1.807, 2.05) is 0 Å². The smallest absolute Gasteiger partial charge is 0.326 e. The first-order chi connectivity index (χ1) is 9.04. The third-order valence-corrected chi connectivity index (χ3v) is 2.46. The molecule has 0 radical (unpaired) electrons. The first kappa shape index (κ1) is 14.7. The van der Waals surface area contributed by atoms with Crippen molar-refractivity contribution in [1.29, 1.82) is 0 Å². The van der Waals surface area contributed by atoms with Crippen molar-refractivity contribution in [3.8, 4) is 0 Å². The zero-order valence-corrected chi connectivity index (χ0v) is 10.5. The van der Waals surface area contributed by atoms with Crippen molar-refractivity contribution in [1.82, 2.24) is 10.6 Å². The van der Waals surface area contributed by atoms with Crippen LogP contribution in [0.2, 0.25) is 0 Å². The van der Waals surface area contributed by atoms with Gasteiger partial charge < -0.3 is 20.2 Å². The van der Waals surface area contributed by atoms with Crippen molar-refractivity contribution >= 4 is 17.8 Å². The predicted octanol–water partition coefficient (Wildman–Crippen LogP) is 0.379. The van der Waals surface area contributed by atoms with E-state index < -0.39 is 17.9 Å². The number of hydrogen-bond acceptors (Lipinski definition) is 4. The van der Waals surface area contributed by atoms with Crippen molar-refractivity contribution in [2.75, 3.05) is 6.54 Å². The van der Waals surface area contributed by atoms with Gasteiger partial charge in [0.1, 0.15) is 12.3 Å². The highest BCUT2D eigenvalue weighted by atomic mass is 16.4. The lowest BCUT2D eigenvalue weighted by molar-refractivity contribution is -0.141. The molecule has 1 rings (SSSR count). The van der Waals surface area contributed by atoms with Crippen molar-refractivity contribution < 1.29 is 23.9 Å². The number of carbonyl (C=O) groups excluding carboxylic acids is 2. The summed E-state index contributed by atoms with van der Waals surface area (Å²) in [5.41, 5.74) is 0.373. The first-order valence-electron chi connectivity index (χ1n) is 5.87. The van der Waals surface area contributed by atoms with Crippen molar-refractivity contribution in [3.63, 3.8) is 0 Å². The quantitative estimate of drug-likeness (QED) is 0.662. The minimum Gasteiger partial charge on any atom is -0.480 e. The van der Waals surface area contributed by atoms with Gasteiger partial charge in [-0.05, 0) is 12.5 Å². The molecule has 104 valence electrons. The SMILES string of the molecule is CC[C@@H](NC(=O)CCNC(=O)c1ccoc1)C(=O)O. The second-order valence-corrected chi connectivity index (χ2v) is 3.88. The molecule has 0 aliphatic carbocycles. The van der Waals surface area contributed by atoms with Crippen LogP contribution in [-0.4, -0.2) is 35.5 Å². The number of carbonyl (C=O) groups is 3. The third kappa shape index (κ3) is 4.82. The summed E-state index contributed by atoms with van der Waals surface area (Å²) in [7, 11) is 0. The van der Waals surface area contributed by atoms with Crippen LogP contribution in [0.5, 0.6) is 0 Å². The van der Waals surface area contributed by atoms with E-state index in [1.165, 1.54) is 18.6 Å². The topological polar surface area (TPSA) is 109 Å². The maximum Gasteiger partial charge on any atom is 0.326 e. The minimum absolute atomic E-state index is 0.0212. The molecule has 0 unspecified atom stereocenters. The van der Waals surface area contributed by atoms with Crippen LogP contribution >= 0.6 is 0 Å². The number of rotatable bonds is 7. The van der Waals surface area contributed by atoms with Gasteiger partial charge in [-0.15, -0.1) is 0 Å². The third-order valence-electron chi connectivity index (χ3n) is 2.46. The zero-order valence-electron chi connectivity index (χ0n) is 10.5. The van der Waals surface area contributed by atoms with Crippen LogP contribution in [0.4, 0.5) is 0 Å². The summed E-state index contributed by atoms with van der Waals surface area (Å²) in [5, 5.41) is 13.7. The number of carboxylic acid groups (broad SMARTS) is 1. The summed E-state index contributed by atoms with van der Waals surface area (Å²) in [4.78, 5) is 33.6. The van der Waals surface area contributed by atoms with Crippen LogP contribution in [0.3, 0.4) is 0 Å². The number of hydrogen-bond donors (Lipinski definition) is 3. The molecule has 2 amide bonds. The van der Waals surface area contributed by atoms with E-state index in [4.69, 9.17) is 9.52 Å². The molecule has 0 saturated heterocycles. The molecule has 1 aromatic rings. The average Bonchev–Trinajstić information content (AvgIpc) is 2.89. The highest BCUT2D eigenvalue weighted by Crippen LogP contribution is 1.99. The summed E-state index contributed by atoms with van der Waals surface area (Å²) in [6.45, 7) is 1.80. The molecule has 0 bridgehead atoms. The Hall–Kier alpha value is -2.31. The van der Waals surface area contributed by atoms with Gasteiger partial charge in [0, 0.05) is 13.0 Å². The van der Waals surface area contributed by atoms with Crippen molar-refractivity contribution in [2.45, 2.75) is 25.8 Å². The number of furan rings is 1. The molecule has 0 aliphatic heterocycles. The maximum absolute atomic E-state index is 11.5. The van der Waals surface area contributed by atoms with Gasteiger partial charge in [0.05, 0.1) is 11.8 Å². The Morgan fingerprint density at radius 2 is 2.16 bits per heavy atom. The van der Waals surface area contributed by atoms with E-state index >= 15 is 0 Å². The van der Waals surface area contributed by atoms with Crippen molar-refractivity contribution in [2.24, 2.45) is 0 Å².